The molecule has 0 radical (unpaired) electrons. The summed E-state index contributed by atoms with van der Waals surface area (Å²) in [5.41, 5.74) is 2.01. The summed E-state index contributed by atoms with van der Waals surface area (Å²) in [5, 5.41) is 0. The van der Waals surface area contributed by atoms with E-state index in [1.807, 2.05) is 24.3 Å². The van der Waals surface area contributed by atoms with Crippen molar-refractivity contribution in [2.45, 2.75) is 25.7 Å². The van der Waals surface area contributed by atoms with E-state index < -0.39 is 0 Å². The molecule has 4 heteroatoms. The second kappa shape index (κ2) is 5.29. The number of fused-ring (bicyclic) bond motifs is 1. The Balaban J connectivity index is 1.75. The van der Waals surface area contributed by atoms with E-state index in [9.17, 15) is 4.79 Å². The number of benzene rings is 1. The predicted octanol–water partition coefficient (Wildman–Crippen LogP) is 4.10. The van der Waals surface area contributed by atoms with Gasteiger partial charge in [-0.15, -0.1) is 0 Å². The number of rotatable bonds is 2. The van der Waals surface area contributed by atoms with Gasteiger partial charge in [0.05, 0.1) is 11.0 Å². The minimum atomic E-state index is 0.401. The molecule has 1 aromatic carbocycles. The molecule has 0 saturated heterocycles. The van der Waals surface area contributed by atoms with Crippen molar-refractivity contribution in [3.63, 3.8) is 0 Å². The lowest BCUT2D eigenvalue weighted by Gasteiger charge is -2.16. The van der Waals surface area contributed by atoms with E-state index in [1.165, 1.54) is 0 Å². The van der Waals surface area contributed by atoms with Crippen LogP contribution < -0.4 is 0 Å². The van der Waals surface area contributed by atoms with E-state index in [2.05, 4.69) is 32.0 Å². The van der Waals surface area contributed by atoms with Crippen molar-refractivity contribution in [2.24, 2.45) is 5.92 Å². The van der Waals surface area contributed by atoms with Gasteiger partial charge in [-0.25, -0.2) is 4.98 Å². The van der Waals surface area contributed by atoms with Gasteiger partial charge in [0.1, 0.15) is 11.6 Å². The highest BCUT2D eigenvalue weighted by atomic mass is 79.9. The Morgan fingerprint density at radius 1 is 1.32 bits per heavy atom. The summed E-state index contributed by atoms with van der Waals surface area (Å²) in [6.45, 7) is 0. The van der Waals surface area contributed by atoms with Crippen LogP contribution in [0.4, 0.5) is 0 Å². The molecule has 1 fully saturated rings. The molecule has 0 aliphatic heterocycles. The second-order valence-electron chi connectivity index (χ2n) is 5.02. The quantitative estimate of drug-likeness (QED) is 0.906. The number of H-pyrrole nitrogens is 1. The Kier molecular flexibility index (Phi) is 3.51. The fourth-order valence-corrected chi connectivity index (χ4v) is 2.81. The number of ketones is 1. The lowest BCUT2D eigenvalue weighted by molar-refractivity contribution is -0.120. The minimum Gasteiger partial charge on any atom is -0.338 e. The molecule has 1 aromatic heterocycles. The number of nitrogens with one attached hydrogen (secondary N) is 1. The molecule has 2 aromatic rings. The molecule has 1 saturated carbocycles. The molecule has 1 aliphatic carbocycles. The third-order valence-corrected chi connectivity index (χ3v) is 4.07. The van der Waals surface area contributed by atoms with Gasteiger partial charge in [-0.2, -0.15) is 0 Å². The Labute approximate surface area is 120 Å². The number of nitrogens with zero attached hydrogens (tertiary/aromatic N) is 1. The van der Waals surface area contributed by atoms with Crippen molar-refractivity contribution in [3.05, 3.63) is 34.6 Å². The monoisotopic (exact) mass is 318 g/mol. The summed E-state index contributed by atoms with van der Waals surface area (Å²) in [7, 11) is 0. The number of Topliss-reactive ketones (excluding diaryl/α,β-unsaturated/α-hetero) is 1. The second-order valence-corrected chi connectivity index (χ2v) is 5.93. The first kappa shape index (κ1) is 12.6. The zero-order chi connectivity index (χ0) is 13.2. The summed E-state index contributed by atoms with van der Waals surface area (Å²) in [4.78, 5) is 19.0. The van der Waals surface area contributed by atoms with Gasteiger partial charge in [-0.3, -0.25) is 4.79 Å². The number of aromatic amines is 1. The first-order valence-electron chi connectivity index (χ1n) is 6.56. The van der Waals surface area contributed by atoms with Crippen molar-refractivity contribution in [3.8, 4) is 0 Å². The Bertz CT molecular complexity index is 635. The van der Waals surface area contributed by atoms with Gasteiger partial charge < -0.3 is 4.98 Å². The average Bonchev–Trinajstić information content (AvgIpc) is 2.80. The smallest absolute Gasteiger partial charge is 0.132 e. The summed E-state index contributed by atoms with van der Waals surface area (Å²) >= 11 is 3.45. The molecule has 19 heavy (non-hydrogen) atoms. The van der Waals surface area contributed by atoms with E-state index >= 15 is 0 Å². The van der Waals surface area contributed by atoms with Gasteiger partial charge >= 0.3 is 0 Å². The molecular weight excluding hydrogens is 304 g/mol. The lowest BCUT2D eigenvalue weighted by Crippen LogP contribution is -2.11. The highest BCUT2D eigenvalue weighted by molar-refractivity contribution is 9.10. The van der Waals surface area contributed by atoms with Crippen LogP contribution in [0.5, 0.6) is 0 Å². The maximum Gasteiger partial charge on any atom is 0.132 e. The van der Waals surface area contributed by atoms with Crippen LogP contribution in [0.15, 0.2) is 28.7 Å². The van der Waals surface area contributed by atoms with Crippen LogP contribution in [-0.4, -0.2) is 15.8 Å². The van der Waals surface area contributed by atoms with Crippen LogP contribution in [0.2, 0.25) is 0 Å². The highest BCUT2D eigenvalue weighted by Gasteiger charge is 2.16. The molecular formula is C15H15BrN2O. The SMILES string of the molecule is O=C1CCC(/C=C/c2nc3cc(Br)ccc3[nH]2)CC1. The van der Waals surface area contributed by atoms with Crippen molar-refractivity contribution in [1.29, 1.82) is 0 Å². The highest BCUT2D eigenvalue weighted by Crippen LogP contribution is 2.24. The number of aromatic nitrogens is 2. The average molecular weight is 319 g/mol. The number of hydrogen-bond donors (Lipinski definition) is 1. The fourth-order valence-electron chi connectivity index (χ4n) is 2.46. The van der Waals surface area contributed by atoms with Gasteiger partial charge in [0, 0.05) is 17.3 Å². The van der Waals surface area contributed by atoms with E-state index in [-0.39, 0.29) is 0 Å². The van der Waals surface area contributed by atoms with Gasteiger partial charge in [-0.1, -0.05) is 22.0 Å². The molecule has 0 bridgehead atoms. The maximum absolute atomic E-state index is 11.2. The van der Waals surface area contributed by atoms with Crippen LogP contribution in [0.25, 0.3) is 17.1 Å². The molecule has 0 spiro atoms. The van der Waals surface area contributed by atoms with Gasteiger partial charge in [0.25, 0.3) is 0 Å². The van der Waals surface area contributed by atoms with Gasteiger partial charge in [-0.05, 0) is 43.0 Å². The standard InChI is InChI=1S/C15H15BrN2O/c16-11-4-7-13-14(9-11)18-15(17-13)8-3-10-1-5-12(19)6-2-10/h3-4,7-10H,1-2,5-6H2,(H,17,18)/b8-3+. The lowest BCUT2D eigenvalue weighted by atomic mass is 9.88. The first-order valence-corrected chi connectivity index (χ1v) is 7.35. The van der Waals surface area contributed by atoms with Crippen molar-refractivity contribution in [1.82, 2.24) is 9.97 Å². The van der Waals surface area contributed by atoms with Crippen LogP contribution >= 0.6 is 15.9 Å². The van der Waals surface area contributed by atoms with Gasteiger partial charge in [0.15, 0.2) is 0 Å². The fraction of sp³-hybridized carbons (Fsp3) is 0.333. The molecule has 0 unspecified atom stereocenters. The van der Waals surface area contributed by atoms with E-state index in [4.69, 9.17) is 0 Å². The third-order valence-electron chi connectivity index (χ3n) is 3.58. The molecule has 98 valence electrons. The van der Waals surface area contributed by atoms with Crippen LogP contribution in [0.1, 0.15) is 31.5 Å². The normalized spacial score (nSPS) is 17.6. The molecule has 0 atom stereocenters. The number of imidazole rings is 1. The van der Waals surface area contributed by atoms with E-state index in [0.29, 0.717) is 11.7 Å². The summed E-state index contributed by atoms with van der Waals surface area (Å²) in [6.07, 6.45) is 7.61. The zero-order valence-electron chi connectivity index (χ0n) is 10.5. The van der Waals surface area contributed by atoms with Gasteiger partial charge in [0.2, 0.25) is 0 Å². The summed E-state index contributed by atoms with van der Waals surface area (Å²) in [5.74, 6) is 1.79. The number of allylic oxidation sites excluding steroid dienone is 1. The Morgan fingerprint density at radius 2 is 2.11 bits per heavy atom. The zero-order valence-corrected chi connectivity index (χ0v) is 12.1. The summed E-state index contributed by atoms with van der Waals surface area (Å²) < 4.78 is 1.04. The molecule has 0 amide bonds. The molecule has 3 rings (SSSR count). The summed E-state index contributed by atoms with van der Waals surface area (Å²) in [6, 6.07) is 6.02. The van der Waals surface area contributed by atoms with Crippen molar-refractivity contribution < 1.29 is 4.79 Å². The van der Waals surface area contributed by atoms with Crippen LogP contribution in [0, 0.1) is 5.92 Å². The number of carbonyl (C=O) groups excluding carboxylic acids is 1. The van der Waals surface area contributed by atoms with Crippen molar-refractivity contribution in [2.75, 3.05) is 0 Å². The Morgan fingerprint density at radius 3 is 2.89 bits per heavy atom. The van der Waals surface area contributed by atoms with E-state index in [0.717, 1.165) is 47.0 Å². The molecule has 1 N–H and O–H groups in total. The maximum atomic E-state index is 11.2. The number of carbonyl (C=O) groups is 1. The molecule has 1 heterocycles. The Hall–Kier alpha value is -1.42. The van der Waals surface area contributed by atoms with Crippen LogP contribution in [-0.2, 0) is 4.79 Å². The van der Waals surface area contributed by atoms with Crippen molar-refractivity contribution >= 4 is 38.8 Å². The third kappa shape index (κ3) is 2.95. The minimum absolute atomic E-state index is 0.401. The van der Waals surface area contributed by atoms with Crippen LogP contribution in [0.3, 0.4) is 0 Å². The largest absolute Gasteiger partial charge is 0.338 e. The van der Waals surface area contributed by atoms with E-state index in [1.54, 1.807) is 0 Å². The molecule has 3 nitrogen and oxygen atoms in total. The predicted molar refractivity (Wildman–Crippen MR) is 79.8 cm³/mol. The number of hydrogen-bond acceptors (Lipinski definition) is 2. The molecule has 1 aliphatic rings. The number of halogens is 1. The first-order chi connectivity index (χ1) is 9.20. The topological polar surface area (TPSA) is 45.8 Å².